The lowest BCUT2D eigenvalue weighted by molar-refractivity contribution is 0.488. The van der Waals surface area contributed by atoms with Gasteiger partial charge in [0.15, 0.2) is 0 Å². The molecule has 0 spiro atoms. The predicted molar refractivity (Wildman–Crippen MR) is 190 cm³/mol. The van der Waals surface area contributed by atoms with E-state index in [0.717, 1.165) is 43.7 Å². The first-order valence-corrected chi connectivity index (χ1v) is 17.6. The van der Waals surface area contributed by atoms with Crippen molar-refractivity contribution < 1.29 is 8.42 Å². The first-order chi connectivity index (χ1) is 22.6. The van der Waals surface area contributed by atoms with Crippen molar-refractivity contribution >= 4 is 49.8 Å². The molecule has 0 bridgehead atoms. The van der Waals surface area contributed by atoms with Gasteiger partial charge in [-0.25, -0.2) is 13.1 Å². The minimum absolute atomic E-state index is 0.129. The normalized spacial score (nSPS) is 12.9. The Morgan fingerprint density at radius 2 is 0.894 bits per heavy atom. The van der Waals surface area contributed by atoms with Crippen molar-refractivity contribution in [2.45, 2.75) is 64.8 Å². The quantitative estimate of drug-likeness (QED) is 0.121. The summed E-state index contributed by atoms with van der Waals surface area (Å²) < 4.78 is 28.3. The zero-order chi connectivity index (χ0) is 33.6. The number of sulfonamides is 1. The van der Waals surface area contributed by atoms with Gasteiger partial charge in [0.25, 0.3) is 0 Å². The molecule has 1 atom stereocenters. The van der Waals surface area contributed by atoms with Crippen LogP contribution in [-0.2, 0) is 10.0 Å². The summed E-state index contributed by atoms with van der Waals surface area (Å²) in [4.78, 5) is 2.49. The first kappa shape index (κ1) is 35.2. The summed E-state index contributed by atoms with van der Waals surface area (Å²) in [6.07, 6.45) is 2.87. The molecule has 0 aromatic heterocycles. The van der Waals surface area contributed by atoms with Crippen LogP contribution >= 0.6 is 0 Å². The highest BCUT2D eigenvalue weighted by atomic mass is 32.2. The molecule has 11 heteroatoms. The minimum atomic E-state index is -3.60. The van der Waals surface area contributed by atoms with Crippen LogP contribution in [0.1, 0.15) is 53.9 Å². The number of nitrogens with one attached hydrogen (secondary N) is 1. The fraction of sp³-hybridized carbons (Fsp3) is 0.333. The average Bonchev–Trinajstić information content (AvgIpc) is 3.07. The van der Waals surface area contributed by atoms with E-state index >= 15 is 0 Å². The van der Waals surface area contributed by atoms with Gasteiger partial charge in [-0.15, -0.1) is 0 Å². The van der Waals surface area contributed by atoms with Gasteiger partial charge in [-0.3, -0.25) is 0 Å². The molecule has 0 aliphatic rings. The van der Waals surface area contributed by atoms with E-state index in [1.807, 2.05) is 43.3 Å². The number of rotatable bonds is 16. The Hall–Kier alpha value is -4.61. The highest BCUT2D eigenvalue weighted by Gasteiger charge is 2.17. The highest BCUT2D eigenvalue weighted by Crippen LogP contribution is 2.27. The summed E-state index contributed by atoms with van der Waals surface area (Å²) in [5.41, 5.74) is 5.23. The molecule has 4 aromatic rings. The Balaban J connectivity index is 1.27. The first-order valence-electron chi connectivity index (χ1n) is 16.1. The zero-order valence-electron chi connectivity index (χ0n) is 27.8. The van der Waals surface area contributed by atoms with Gasteiger partial charge >= 0.3 is 0 Å². The summed E-state index contributed by atoms with van der Waals surface area (Å²) in [6.45, 7) is 12.4. The van der Waals surface area contributed by atoms with E-state index in [1.54, 1.807) is 48.5 Å². The molecule has 0 fully saturated rings. The Labute approximate surface area is 278 Å². The molecule has 4 aromatic carbocycles. The van der Waals surface area contributed by atoms with Crippen LogP contribution in [-0.4, -0.2) is 27.5 Å². The van der Waals surface area contributed by atoms with E-state index in [-0.39, 0.29) is 10.9 Å². The second-order valence-electron chi connectivity index (χ2n) is 11.7. The fourth-order valence-electron chi connectivity index (χ4n) is 4.75. The maximum absolute atomic E-state index is 12.7. The molecule has 47 heavy (non-hydrogen) atoms. The molecule has 1 N–H and O–H groups in total. The third-order valence-corrected chi connectivity index (χ3v) is 9.05. The molecule has 1 unspecified atom stereocenters. The minimum Gasteiger partial charge on any atom is -0.372 e. The van der Waals surface area contributed by atoms with Gasteiger partial charge in [0.2, 0.25) is 10.0 Å². The van der Waals surface area contributed by atoms with Crippen molar-refractivity contribution in [2.75, 3.05) is 18.0 Å². The monoisotopic (exact) mass is 652 g/mol. The molecular weight excluding hydrogens is 609 g/mol. The Morgan fingerprint density at radius 1 is 0.553 bits per heavy atom. The van der Waals surface area contributed by atoms with E-state index in [0.29, 0.717) is 28.7 Å². The Morgan fingerprint density at radius 3 is 1.23 bits per heavy atom. The molecule has 0 amide bonds. The molecule has 0 aliphatic carbocycles. The van der Waals surface area contributed by atoms with Crippen molar-refractivity contribution in [3.8, 4) is 0 Å². The second-order valence-corrected chi connectivity index (χ2v) is 13.4. The summed E-state index contributed by atoms with van der Waals surface area (Å²) in [5, 5.41) is 25.8. The largest absolute Gasteiger partial charge is 0.372 e. The molecule has 246 valence electrons. The van der Waals surface area contributed by atoms with Gasteiger partial charge in [-0.1, -0.05) is 26.7 Å². The summed E-state index contributed by atoms with van der Waals surface area (Å²) in [7, 11) is -3.60. The van der Waals surface area contributed by atoms with Crippen molar-refractivity contribution in [3.05, 3.63) is 97.1 Å². The number of hydrogen-bond acceptors (Lipinski definition) is 9. The summed E-state index contributed by atoms with van der Waals surface area (Å²) in [6, 6.07) is 28.8. The highest BCUT2D eigenvalue weighted by molar-refractivity contribution is 7.89. The lowest BCUT2D eigenvalue weighted by atomic mass is 10.0. The van der Waals surface area contributed by atoms with Gasteiger partial charge < -0.3 is 4.90 Å². The summed E-state index contributed by atoms with van der Waals surface area (Å²) >= 11 is 0. The molecule has 0 radical (unpaired) electrons. The standard InChI is InChI=1S/C36H44N8O2S/c1-6-44(7-2)35-23-19-33(20-24-35)41-39-31-15-11-29(12-16-31)37-38-30-13-17-32(18-14-30)40-42-34-21-25-36(26-22-34)47(45,46)43-28(5)10-8-9-27(3)4/h11-28,43H,6-10H2,1-5H3/b38-37+,41-39+,42-40+. The lowest BCUT2D eigenvalue weighted by Gasteiger charge is -2.20. The molecule has 0 heterocycles. The maximum Gasteiger partial charge on any atom is 0.240 e. The third kappa shape index (κ3) is 11.3. The maximum atomic E-state index is 12.7. The van der Waals surface area contributed by atoms with Crippen LogP contribution in [0.3, 0.4) is 0 Å². The number of hydrogen-bond donors (Lipinski definition) is 1. The molecule has 0 aliphatic heterocycles. The Kier molecular flexibility index (Phi) is 13.0. The van der Waals surface area contributed by atoms with E-state index in [2.05, 4.69) is 80.1 Å². The lowest BCUT2D eigenvalue weighted by Crippen LogP contribution is -2.32. The smallest absolute Gasteiger partial charge is 0.240 e. The zero-order valence-corrected chi connectivity index (χ0v) is 28.6. The Bertz CT molecular complexity index is 1730. The molecular formula is C36H44N8O2S. The van der Waals surface area contributed by atoms with E-state index in [4.69, 9.17) is 0 Å². The van der Waals surface area contributed by atoms with Crippen molar-refractivity contribution in [3.63, 3.8) is 0 Å². The van der Waals surface area contributed by atoms with Crippen LogP contribution in [0.25, 0.3) is 0 Å². The van der Waals surface area contributed by atoms with E-state index < -0.39 is 10.0 Å². The SMILES string of the molecule is CCN(CC)c1ccc(/N=N/c2ccc(/N=N/c3ccc(/N=N/c4ccc(S(=O)(=O)NC(C)CCCC(C)C)cc4)cc3)cc2)cc1. The van der Waals surface area contributed by atoms with Crippen LogP contribution in [0.4, 0.5) is 39.8 Å². The summed E-state index contributed by atoms with van der Waals surface area (Å²) in [5.74, 6) is 0.607. The number of nitrogens with zero attached hydrogens (tertiary/aromatic N) is 7. The van der Waals surface area contributed by atoms with Crippen LogP contribution in [0, 0.1) is 5.92 Å². The molecule has 0 saturated carbocycles. The van der Waals surface area contributed by atoms with Crippen LogP contribution in [0.2, 0.25) is 0 Å². The van der Waals surface area contributed by atoms with E-state index in [9.17, 15) is 8.42 Å². The van der Waals surface area contributed by atoms with Crippen LogP contribution in [0.15, 0.2) is 133 Å². The van der Waals surface area contributed by atoms with Crippen LogP contribution in [0.5, 0.6) is 0 Å². The predicted octanol–water partition coefficient (Wildman–Crippen LogP) is 11.3. The molecule has 10 nitrogen and oxygen atoms in total. The third-order valence-electron chi connectivity index (χ3n) is 7.44. The fourth-order valence-corrected chi connectivity index (χ4v) is 6.03. The topological polar surface area (TPSA) is 124 Å². The average molecular weight is 653 g/mol. The number of benzene rings is 4. The van der Waals surface area contributed by atoms with Crippen molar-refractivity contribution in [2.24, 2.45) is 36.6 Å². The van der Waals surface area contributed by atoms with Gasteiger partial charge in [0.1, 0.15) is 0 Å². The van der Waals surface area contributed by atoms with E-state index in [1.165, 1.54) is 5.69 Å². The van der Waals surface area contributed by atoms with Crippen LogP contribution < -0.4 is 9.62 Å². The molecule has 4 rings (SSSR count). The molecule has 0 saturated heterocycles. The van der Waals surface area contributed by atoms with Gasteiger partial charge in [-0.05, 0) is 130 Å². The van der Waals surface area contributed by atoms with Crippen molar-refractivity contribution in [1.29, 1.82) is 0 Å². The van der Waals surface area contributed by atoms with Gasteiger partial charge in [0, 0.05) is 24.8 Å². The number of azo groups is 3. The van der Waals surface area contributed by atoms with Gasteiger partial charge in [0.05, 0.1) is 39.0 Å². The van der Waals surface area contributed by atoms with Crippen molar-refractivity contribution in [1.82, 2.24) is 4.72 Å². The second kappa shape index (κ2) is 17.3. The number of anilines is 1. The van der Waals surface area contributed by atoms with Gasteiger partial charge in [-0.2, -0.15) is 30.7 Å².